The van der Waals surface area contributed by atoms with Crippen LogP contribution in [0.5, 0.6) is 11.5 Å². The van der Waals surface area contributed by atoms with Gasteiger partial charge in [0, 0.05) is 0 Å². The van der Waals surface area contributed by atoms with Gasteiger partial charge in [0.2, 0.25) is 0 Å². The minimum atomic E-state index is -3.06. The number of rotatable bonds is 13. The number of para-hydroxylation sites is 3. The Balaban J connectivity index is 1.87. The molecule has 2 N–H and O–H groups in total. The van der Waals surface area contributed by atoms with Gasteiger partial charge in [-0.25, -0.2) is 4.79 Å². The first-order chi connectivity index (χ1) is 15.9. The molecule has 8 nitrogen and oxygen atoms in total. The number of carbonyl (C=O) groups is 3. The molecular weight excluding hydrogens is 458 g/mol. The predicted octanol–water partition coefficient (Wildman–Crippen LogP) is 3.09. The van der Waals surface area contributed by atoms with Crippen LogP contribution in [0.25, 0.3) is 0 Å². The highest BCUT2D eigenvalue weighted by Gasteiger charge is 2.23. The highest BCUT2D eigenvalue weighted by molar-refractivity contribution is 7.98. The molecule has 0 aliphatic heterocycles. The number of anilines is 1. The molecule has 0 radical (unpaired) electrons. The van der Waals surface area contributed by atoms with Crippen LogP contribution < -0.4 is 20.1 Å². The molecule has 2 aromatic carbocycles. The highest BCUT2D eigenvalue weighted by atomic mass is 32.2. The molecule has 1 atom stereocenters. The Hall–Kier alpha value is -3.34. The normalized spacial score (nSPS) is 11.4. The van der Waals surface area contributed by atoms with E-state index in [-0.39, 0.29) is 24.5 Å². The molecule has 0 aromatic heterocycles. The zero-order valence-electron chi connectivity index (χ0n) is 17.8. The lowest BCUT2D eigenvalue weighted by Gasteiger charge is -2.18. The molecule has 0 aliphatic carbocycles. The van der Waals surface area contributed by atoms with Crippen LogP contribution in [0.3, 0.4) is 0 Å². The summed E-state index contributed by atoms with van der Waals surface area (Å²) in [6, 6.07) is 13.3. The van der Waals surface area contributed by atoms with Crippen molar-refractivity contribution in [2.24, 2.45) is 0 Å². The minimum absolute atomic E-state index is 0.00384. The molecule has 2 amide bonds. The van der Waals surface area contributed by atoms with Gasteiger partial charge in [0.25, 0.3) is 11.8 Å². The van der Waals surface area contributed by atoms with E-state index in [9.17, 15) is 23.2 Å². The SMILES string of the molecule is CSCC[C@@H](NC(=O)COc1ccccc1)C(=O)OCC(=O)Nc1ccccc1OC(F)F. The van der Waals surface area contributed by atoms with Crippen LogP contribution in [-0.2, 0) is 19.1 Å². The third kappa shape index (κ3) is 9.77. The van der Waals surface area contributed by atoms with Crippen LogP contribution in [0.15, 0.2) is 54.6 Å². The molecule has 0 heterocycles. The van der Waals surface area contributed by atoms with E-state index in [2.05, 4.69) is 15.4 Å². The van der Waals surface area contributed by atoms with E-state index >= 15 is 0 Å². The van der Waals surface area contributed by atoms with E-state index in [1.165, 1.54) is 36.0 Å². The molecule has 0 spiro atoms. The van der Waals surface area contributed by atoms with Crippen molar-refractivity contribution in [3.8, 4) is 11.5 Å². The minimum Gasteiger partial charge on any atom is -0.484 e. The van der Waals surface area contributed by atoms with Crippen LogP contribution in [-0.4, -0.2) is 55.7 Å². The summed E-state index contributed by atoms with van der Waals surface area (Å²) in [5.41, 5.74) is 0.00384. The number of halogens is 2. The molecular formula is C22H24F2N2O6S. The molecule has 2 aromatic rings. The Bertz CT molecular complexity index is 917. The van der Waals surface area contributed by atoms with Gasteiger partial charge >= 0.3 is 12.6 Å². The van der Waals surface area contributed by atoms with E-state index in [0.29, 0.717) is 11.5 Å². The summed E-state index contributed by atoms with van der Waals surface area (Å²) in [5.74, 6) is -1.24. The zero-order chi connectivity index (χ0) is 24.1. The number of hydrogen-bond donors (Lipinski definition) is 2. The van der Waals surface area contributed by atoms with Crippen molar-refractivity contribution in [2.75, 3.05) is 30.5 Å². The summed E-state index contributed by atoms with van der Waals surface area (Å²) < 4.78 is 39.7. The summed E-state index contributed by atoms with van der Waals surface area (Å²) in [5, 5.41) is 4.89. The van der Waals surface area contributed by atoms with Gasteiger partial charge in [-0.3, -0.25) is 9.59 Å². The smallest absolute Gasteiger partial charge is 0.387 e. The zero-order valence-corrected chi connectivity index (χ0v) is 18.6. The third-order valence-corrected chi connectivity index (χ3v) is 4.71. The number of amides is 2. The first-order valence-electron chi connectivity index (χ1n) is 9.85. The van der Waals surface area contributed by atoms with Crippen LogP contribution in [0.4, 0.5) is 14.5 Å². The van der Waals surface area contributed by atoms with Crippen LogP contribution in [0, 0.1) is 0 Å². The molecule has 0 unspecified atom stereocenters. The van der Waals surface area contributed by atoms with Crippen LogP contribution in [0.1, 0.15) is 6.42 Å². The maximum Gasteiger partial charge on any atom is 0.387 e. The number of thioether (sulfide) groups is 1. The van der Waals surface area contributed by atoms with Gasteiger partial charge in [-0.1, -0.05) is 30.3 Å². The molecule has 0 saturated carbocycles. The molecule has 178 valence electrons. The van der Waals surface area contributed by atoms with Crippen molar-refractivity contribution in [1.29, 1.82) is 0 Å². The van der Waals surface area contributed by atoms with Crippen molar-refractivity contribution in [3.05, 3.63) is 54.6 Å². The average Bonchev–Trinajstić information content (AvgIpc) is 2.80. The Morgan fingerprint density at radius 3 is 2.36 bits per heavy atom. The predicted molar refractivity (Wildman–Crippen MR) is 120 cm³/mol. The van der Waals surface area contributed by atoms with E-state index in [1.807, 2.05) is 12.3 Å². The Morgan fingerprint density at radius 2 is 1.67 bits per heavy atom. The summed E-state index contributed by atoms with van der Waals surface area (Å²) in [7, 11) is 0. The monoisotopic (exact) mass is 482 g/mol. The highest BCUT2D eigenvalue weighted by Crippen LogP contribution is 2.25. The second-order valence-corrected chi connectivity index (χ2v) is 7.52. The number of nitrogens with one attached hydrogen (secondary N) is 2. The Labute approximate surface area is 194 Å². The quantitative estimate of drug-likeness (QED) is 0.423. The number of carbonyl (C=O) groups excluding carboxylic acids is 3. The molecule has 11 heteroatoms. The maximum absolute atomic E-state index is 12.5. The third-order valence-electron chi connectivity index (χ3n) is 4.07. The summed E-state index contributed by atoms with van der Waals surface area (Å²) >= 11 is 1.47. The fourth-order valence-electron chi connectivity index (χ4n) is 2.58. The van der Waals surface area contributed by atoms with E-state index in [0.717, 1.165) is 0 Å². The summed E-state index contributed by atoms with van der Waals surface area (Å²) in [4.78, 5) is 36.8. The largest absolute Gasteiger partial charge is 0.484 e. The molecule has 0 aliphatic rings. The Kier molecular flexibility index (Phi) is 10.9. The van der Waals surface area contributed by atoms with Gasteiger partial charge < -0.3 is 24.8 Å². The maximum atomic E-state index is 12.5. The fourth-order valence-corrected chi connectivity index (χ4v) is 3.05. The molecule has 0 bridgehead atoms. The van der Waals surface area contributed by atoms with Gasteiger partial charge in [-0.05, 0) is 42.7 Å². The van der Waals surface area contributed by atoms with Crippen molar-refractivity contribution in [2.45, 2.75) is 19.1 Å². The van der Waals surface area contributed by atoms with Gasteiger partial charge in [-0.2, -0.15) is 20.5 Å². The van der Waals surface area contributed by atoms with Crippen molar-refractivity contribution in [1.82, 2.24) is 5.32 Å². The van der Waals surface area contributed by atoms with Crippen molar-refractivity contribution < 1.29 is 37.4 Å². The second-order valence-electron chi connectivity index (χ2n) is 6.53. The number of esters is 1. The summed E-state index contributed by atoms with van der Waals surface area (Å²) in [6.45, 7) is -4.03. The Morgan fingerprint density at radius 1 is 0.970 bits per heavy atom. The number of ether oxygens (including phenoxy) is 3. The summed E-state index contributed by atoms with van der Waals surface area (Å²) in [6.07, 6.45) is 2.12. The van der Waals surface area contributed by atoms with E-state index < -0.39 is 37.0 Å². The number of hydrogen-bond acceptors (Lipinski definition) is 7. The molecule has 33 heavy (non-hydrogen) atoms. The van der Waals surface area contributed by atoms with Crippen molar-refractivity contribution >= 4 is 35.2 Å². The molecule has 2 rings (SSSR count). The number of benzene rings is 2. The lowest BCUT2D eigenvalue weighted by Crippen LogP contribution is -2.44. The first-order valence-corrected chi connectivity index (χ1v) is 11.2. The lowest BCUT2D eigenvalue weighted by molar-refractivity contribution is -0.150. The van der Waals surface area contributed by atoms with E-state index in [1.54, 1.807) is 24.3 Å². The van der Waals surface area contributed by atoms with Gasteiger partial charge in [0.05, 0.1) is 5.69 Å². The van der Waals surface area contributed by atoms with Gasteiger partial charge in [0.1, 0.15) is 17.5 Å². The van der Waals surface area contributed by atoms with Gasteiger partial charge in [0.15, 0.2) is 13.2 Å². The number of alkyl halides is 2. The standard InChI is InChI=1S/C22H24F2N2O6S/c1-33-12-11-17(26-19(27)13-30-15-7-3-2-4-8-15)21(29)31-14-20(28)25-16-9-5-6-10-18(16)32-22(23)24/h2-10,17,22H,11-14H2,1H3,(H,25,28)(H,26,27)/t17-/m1/s1. The van der Waals surface area contributed by atoms with Crippen LogP contribution >= 0.6 is 11.8 Å². The fraction of sp³-hybridized carbons (Fsp3) is 0.318. The average molecular weight is 483 g/mol. The topological polar surface area (TPSA) is 103 Å². The van der Waals surface area contributed by atoms with Gasteiger partial charge in [-0.15, -0.1) is 0 Å². The molecule has 0 fully saturated rings. The van der Waals surface area contributed by atoms with Crippen molar-refractivity contribution in [3.63, 3.8) is 0 Å². The van der Waals surface area contributed by atoms with E-state index in [4.69, 9.17) is 9.47 Å². The first kappa shape index (κ1) is 25.9. The lowest BCUT2D eigenvalue weighted by atomic mass is 10.2. The van der Waals surface area contributed by atoms with Crippen LogP contribution in [0.2, 0.25) is 0 Å². The molecule has 0 saturated heterocycles. The second kappa shape index (κ2) is 13.9.